The largest absolute Gasteiger partial charge is 0.368 e. The molecule has 4 heterocycles. The summed E-state index contributed by atoms with van der Waals surface area (Å²) in [7, 11) is 0. The Balaban J connectivity index is 1.97. The third-order valence-corrected chi connectivity index (χ3v) is 3.05. The van der Waals surface area contributed by atoms with E-state index in [1.807, 2.05) is 0 Å². The van der Waals surface area contributed by atoms with Crippen LogP contribution in [-0.2, 0) is 0 Å². The highest BCUT2D eigenvalue weighted by atomic mass is 19.1. The Morgan fingerprint density at radius 3 is 2.82 bits per heavy atom. The van der Waals surface area contributed by atoms with Crippen molar-refractivity contribution in [1.82, 2.24) is 40.0 Å². The lowest BCUT2D eigenvalue weighted by molar-refractivity contribution is 0.622. The quantitative estimate of drug-likeness (QED) is 0.558. The average Bonchev–Trinajstić information content (AvgIpc) is 3.15. The van der Waals surface area contributed by atoms with Gasteiger partial charge in [-0.25, -0.2) is 9.37 Å². The van der Waals surface area contributed by atoms with Crippen molar-refractivity contribution < 1.29 is 4.39 Å². The fraction of sp³-hybridized carbons (Fsp3) is 0. The standard InChI is InChI=1S/C12H8FN9/c13-7-1-6(2-15-3-7)10-18-11-8(9-5-16-21-20-9)4-17-22(11)12(14)19-10/h1-5H,(H2,14,18,19)(H,16,20,21). The van der Waals surface area contributed by atoms with Crippen LogP contribution in [0.3, 0.4) is 0 Å². The number of H-pyrrole nitrogens is 1. The molecule has 0 aliphatic carbocycles. The second-order valence-electron chi connectivity index (χ2n) is 4.45. The monoisotopic (exact) mass is 297 g/mol. The van der Waals surface area contributed by atoms with E-state index in [0.717, 1.165) is 6.20 Å². The fourth-order valence-electron chi connectivity index (χ4n) is 2.07. The predicted octanol–water partition coefficient (Wildman–Crippen LogP) is 0.693. The van der Waals surface area contributed by atoms with Crippen molar-refractivity contribution in [2.75, 3.05) is 5.73 Å². The molecule has 0 aromatic carbocycles. The molecular weight excluding hydrogens is 289 g/mol. The molecule has 0 radical (unpaired) electrons. The summed E-state index contributed by atoms with van der Waals surface area (Å²) in [5.74, 6) is -0.106. The maximum absolute atomic E-state index is 13.3. The number of anilines is 1. The average molecular weight is 297 g/mol. The molecule has 4 aromatic heterocycles. The van der Waals surface area contributed by atoms with E-state index < -0.39 is 5.82 Å². The lowest BCUT2D eigenvalue weighted by atomic mass is 10.2. The lowest BCUT2D eigenvalue weighted by Gasteiger charge is -2.04. The van der Waals surface area contributed by atoms with E-state index in [1.165, 1.54) is 16.8 Å². The van der Waals surface area contributed by atoms with Gasteiger partial charge in [0, 0.05) is 11.8 Å². The van der Waals surface area contributed by atoms with Crippen LogP contribution in [0.5, 0.6) is 0 Å². The molecule has 10 heteroatoms. The molecule has 22 heavy (non-hydrogen) atoms. The van der Waals surface area contributed by atoms with Gasteiger partial charge in [-0.2, -0.15) is 30.0 Å². The van der Waals surface area contributed by atoms with E-state index in [4.69, 9.17) is 5.73 Å². The van der Waals surface area contributed by atoms with Crippen molar-refractivity contribution in [1.29, 1.82) is 0 Å². The van der Waals surface area contributed by atoms with Crippen LogP contribution in [0.1, 0.15) is 0 Å². The maximum atomic E-state index is 13.3. The first-order valence-electron chi connectivity index (χ1n) is 6.20. The molecule has 0 bridgehead atoms. The highest BCUT2D eigenvalue weighted by Crippen LogP contribution is 2.24. The van der Waals surface area contributed by atoms with Crippen LogP contribution >= 0.6 is 0 Å². The van der Waals surface area contributed by atoms with E-state index in [2.05, 4.69) is 35.5 Å². The number of nitrogens with zero attached hydrogens (tertiary/aromatic N) is 7. The number of halogens is 1. The molecule has 4 rings (SSSR count). The summed E-state index contributed by atoms with van der Waals surface area (Å²) in [6.07, 6.45) is 5.66. The lowest BCUT2D eigenvalue weighted by Crippen LogP contribution is -2.05. The Morgan fingerprint density at radius 2 is 2.05 bits per heavy atom. The number of nitrogens with two attached hydrogens (primary N) is 1. The van der Waals surface area contributed by atoms with Crippen molar-refractivity contribution in [2.24, 2.45) is 0 Å². The van der Waals surface area contributed by atoms with Gasteiger partial charge in [0.1, 0.15) is 11.5 Å². The summed E-state index contributed by atoms with van der Waals surface area (Å²) in [5.41, 5.74) is 7.95. The summed E-state index contributed by atoms with van der Waals surface area (Å²) in [4.78, 5) is 12.3. The zero-order valence-electron chi connectivity index (χ0n) is 11.0. The molecular formula is C12H8FN9. The molecule has 0 fully saturated rings. The molecule has 0 aliphatic rings. The fourth-order valence-corrected chi connectivity index (χ4v) is 2.07. The topological polar surface area (TPSA) is 124 Å². The SMILES string of the molecule is Nc1nc(-c2cncc(F)c2)nc2c(-c3cn[nH]n3)cnn12. The molecule has 9 nitrogen and oxygen atoms in total. The first-order chi connectivity index (χ1) is 10.7. The first-order valence-corrected chi connectivity index (χ1v) is 6.20. The van der Waals surface area contributed by atoms with Crippen LogP contribution in [0.4, 0.5) is 10.3 Å². The molecule has 4 aromatic rings. The van der Waals surface area contributed by atoms with Crippen LogP contribution in [0.2, 0.25) is 0 Å². The Morgan fingerprint density at radius 1 is 1.14 bits per heavy atom. The maximum Gasteiger partial charge on any atom is 0.225 e. The second kappa shape index (κ2) is 4.55. The minimum absolute atomic E-state index is 0.124. The van der Waals surface area contributed by atoms with Gasteiger partial charge in [0.2, 0.25) is 5.95 Å². The van der Waals surface area contributed by atoms with Crippen LogP contribution < -0.4 is 5.73 Å². The van der Waals surface area contributed by atoms with E-state index in [1.54, 1.807) is 12.4 Å². The number of fused-ring (bicyclic) bond motifs is 1. The molecule has 0 aliphatic heterocycles. The molecule has 0 amide bonds. The van der Waals surface area contributed by atoms with Gasteiger partial charge < -0.3 is 5.73 Å². The third kappa shape index (κ3) is 1.85. The van der Waals surface area contributed by atoms with Gasteiger partial charge in [0.15, 0.2) is 11.5 Å². The number of aromatic amines is 1. The minimum Gasteiger partial charge on any atom is -0.368 e. The number of hydrogen-bond donors (Lipinski definition) is 2. The number of pyridine rings is 1. The van der Waals surface area contributed by atoms with Gasteiger partial charge in [-0.1, -0.05) is 0 Å². The number of aromatic nitrogens is 8. The molecule has 0 saturated carbocycles. The molecule has 0 atom stereocenters. The van der Waals surface area contributed by atoms with Crippen molar-refractivity contribution in [2.45, 2.75) is 0 Å². The van der Waals surface area contributed by atoms with Crippen LogP contribution in [-0.4, -0.2) is 40.0 Å². The summed E-state index contributed by atoms with van der Waals surface area (Å²) < 4.78 is 14.7. The predicted molar refractivity (Wildman–Crippen MR) is 73.8 cm³/mol. The summed E-state index contributed by atoms with van der Waals surface area (Å²) in [5, 5.41) is 14.4. The van der Waals surface area contributed by atoms with E-state index in [0.29, 0.717) is 22.5 Å². The number of nitrogen functional groups attached to an aromatic ring is 1. The summed E-state index contributed by atoms with van der Waals surface area (Å²) >= 11 is 0. The van der Waals surface area contributed by atoms with E-state index >= 15 is 0 Å². The Bertz CT molecular complexity index is 960. The second-order valence-corrected chi connectivity index (χ2v) is 4.45. The first kappa shape index (κ1) is 12.3. The van der Waals surface area contributed by atoms with Crippen molar-refractivity contribution in [3.63, 3.8) is 0 Å². The zero-order valence-corrected chi connectivity index (χ0v) is 11.0. The Hall–Kier alpha value is -3.43. The van der Waals surface area contributed by atoms with Gasteiger partial charge in [0.05, 0.1) is 24.2 Å². The van der Waals surface area contributed by atoms with Crippen LogP contribution in [0.25, 0.3) is 28.3 Å². The molecule has 0 saturated heterocycles. The molecule has 3 N–H and O–H groups in total. The van der Waals surface area contributed by atoms with Gasteiger partial charge >= 0.3 is 0 Å². The van der Waals surface area contributed by atoms with Gasteiger partial charge in [0.25, 0.3) is 0 Å². The van der Waals surface area contributed by atoms with E-state index in [-0.39, 0.29) is 11.8 Å². The summed E-state index contributed by atoms with van der Waals surface area (Å²) in [6.45, 7) is 0. The van der Waals surface area contributed by atoms with Crippen LogP contribution in [0, 0.1) is 5.82 Å². The highest BCUT2D eigenvalue weighted by molar-refractivity contribution is 5.76. The third-order valence-electron chi connectivity index (χ3n) is 3.05. The Labute approximate surface area is 122 Å². The number of rotatable bonds is 2. The molecule has 0 unspecified atom stereocenters. The van der Waals surface area contributed by atoms with E-state index in [9.17, 15) is 4.39 Å². The number of hydrogen-bond acceptors (Lipinski definition) is 7. The molecule has 0 spiro atoms. The van der Waals surface area contributed by atoms with Gasteiger partial charge in [-0.05, 0) is 6.07 Å². The van der Waals surface area contributed by atoms with Gasteiger partial charge in [-0.3, -0.25) is 4.98 Å². The van der Waals surface area contributed by atoms with Crippen LogP contribution in [0.15, 0.2) is 30.9 Å². The van der Waals surface area contributed by atoms with Crippen molar-refractivity contribution >= 4 is 11.6 Å². The zero-order chi connectivity index (χ0) is 15.1. The van der Waals surface area contributed by atoms with Crippen molar-refractivity contribution in [3.05, 3.63) is 36.7 Å². The smallest absolute Gasteiger partial charge is 0.225 e. The minimum atomic E-state index is -0.482. The summed E-state index contributed by atoms with van der Waals surface area (Å²) in [6, 6.07) is 1.28. The Kier molecular flexibility index (Phi) is 2.55. The highest BCUT2D eigenvalue weighted by Gasteiger charge is 2.15. The molecule has 108 valence electrons. The number of nitrogens with one attached hydrogen (secondary N) is 1. The van der Waals surface area contributed by atoms with Crippen molar-refractivity contribution in [3.8, 4) is 22.6 Å². The normalized spacial score (nSPS) is 11.1. The van der Waals surface area contributed by atoms with Gasteiger partial charge in [-0.15, -0.1) is 0 Å².